The maximum Gasteiger partial charge on any atom is 0.573 e. The summed E-state index contributed by atoms with van der Waals surface area (Å²) in [5.74, 6) is -2.01. The van der Waals surface area contributed by atoms with Crippen molar-refractivity contribution in [2.24, 2.45) is 0 Å². The molecule has 2 saturated carbocycles. The van der Waals surface area contributed by atoms with Gasteiger partial charge < -0.3 is 52.8 Å². The van der Waals surface area contributed by atoms with Gasteiger partial charge in [-0.15, -0.1) is 13.2 Å². The number of nitrogens with zero attached hydrogens (tertiary/aromatic N) is 16. The quantitative estimate of drug-likeness (QED) is 0.0842. The van der Waals surface area contributed by atoms with E-state index in [4.69, 9.17) is 50.2 Å². The minimum absolute atomic E-state index is 0.0114. The fourth-order valence-electron chi connectivity index (χ4n) is 13.3. The maximum absolute atomic E-state index is 14.0. The van der Waals surface area contributed by atoms with Crippen molar-refractivity contribution < 1.29 is 75.0 Å². The highest BCUT2D eigenvalue weighted by Crippen LogP contribution is 2.42. The monoisotopic (exact) mass is 1650 g/mol. The zero-order valence-corrected chi connectivity index (χ0v) is 62.9. The number of ether oxygens (including phenoxy) is 1. The number of fused-ring (bicyclic) bond motifs is 6. The summed E-state index contributed by atoms with van der Waals surface area (Å²) in [4.78, 5) is 28.6. The third-order valence-electron chi connectivity index (χ3n) is 19.2. The number of halogens is 16. The van der Waals surface area contributed by atoms with Gasteiger partial charge in [-0.3, -0.25) is 13.7 Å². The van der Waals surface area contributed by atoms with Crippen LogP contribution in [0.2, 0.25) is 0 Å². The summed E-state index contributed by atoms with van der Waals surface area (Å²) in [6, 6.07) is 36.6. The van der Waals surface area contributed by atoms with Gasteiger partial charge in [-0.05, 0) is 224 Å². The molecule has 17 rings (SSSR count). The number of nitrogen functional groups attached to an aromatic ring is 6. The van der Waals surface area contributed by atoms with Crippen molar-refractivity contribution in [2.75, 3.05) is 34.4 Å². The van der Waals surface area contributed by atoms with E-state index in [9.17, 15) is 70.2 Å². The largest absolute Gasteiger partial charge is 0.573 e. The molecule has 39 heteroatoms. The van der Waals surface area contributed by atoms with Gasteiger partial charge in [-0.25, -0.2) is 52.4 Å². The molecule has 0 unspecified atom stereocenters. The van der Waals surface area contributed by atoms with Crippen LogP contribution >= 0.6 is 0 Å². The highest BCUT2D eigenvalue weighted by molar-refractivity contribution is 5.86. The topological polar surface area (TPSA) is 357 Å². The number of imidazole rings is 6. The Bertz CT molecular complexity index is 6470. The number of hydrogen-bond acceptors (Lipinski definition) is 17. The Morgan fingerprint density at radius 3 is 1.33 bits per heavy atom. The van der Waals surface area contributed by atoms with Gasteiger partial charge in [-0.2, -0.15) is 55.3 Å². The lowest BCUT2D eigenvalue weighted by Crippen LogP contribution is -2.23. The van der Waals surface area contributed by atoms with E-state index in [1.807, 2.05) is 42.7 Å². The summed E-state index contributed by atoms with van der Waals surface area (Å²) in [5, 5.41) is 27.1. The standard InChI is InChI=1S/C15H9F6N3O.C14H8F5N3.C13H8FN5.C13H14N4.C13H16N4.C12H11F4N3/c16-14(17,18)8-1-6-11-12(7-8)24(13(22)23-11)9-2-4-10(5-3-9)25-15(19,20)21;15-8-4-9(16)6-10(5-8)22-12-3-7(14(17,18)19)1-2-11(12)21-13(22)20;14-9-2-4-12(17-7-9)19-11-5-8(6-15)1-3-10(11)18-13(19)16;1-8-5-11-12(6-9(8)7-14)17(13(15)16-11)10-3-2-4-10;1-8-5-10-11(6-9(8)7-14)17(12(15)16-10)13(2,3)4;13-8-4-6(12(14,15)16)5-9-10(8)19(11(17)18-9)7-2-1-3-7/h1-7H,(H2,22,23);1-6H,(H2,20,21);1-5,7H,(H2,16,18);5-6,10H,2-4H2,1H3,(H2,15,16);5-6H,1-4H3,(H2,15,16);4-5,7H,1-3H2,(H2,17,18). The molecule has 2 fully saturated rings. The Morgan fingerprint density at radius 1 is 0.403 bits per heavy atom. The minimum atomic E-state index is -4.84. The van der Waals surface area contributed by atoms with Crippen molar-refractivity contribution in [3.05, 3.63) is 220 Å². The lowest BCUT2D eigenvalue weighted by molar-refractivity contribution is -0.274. The first-order valence-electron chi connectivity index (χ1n) is 35.7. The van der Waals surface area contributed by atoms with Crippen LogP contribution in [0, 0.1) is 71.1 Å². The average Bonchev–Trinajstić information content (AvgIpc) is 1.50. The number of pyridine rings is 1. The molecule has 7 heterocycles. The van der Waals surface area contributed by atoms with E-state index < -0.39 is 70.6 Å². The van der Waals surface area contributed by atoms with Crippen LogP contribution in [0.15, 0.2) is 152 Å². The molecular formula is C80H66F16N22O. The first kappa shape index (κ1) is 84.1. The molecular weight excluding hydrogens is 1590 g/mol. The van der Waals surface area contributed by atoms with E-state index in [-0.39, 0.29) is 79.8 Å². The fourth-order valence-corrected chi connectivity index (χ4v) is 13.3. The molecule has 0 atom stereocenters. The van der Waals surface area contributed by atoms with Crippen LogP contribution in [0.25, 0.3) is 83.4 Å². The molecule has 119 heavy (non-hydrogen) atoms. The number of benzene rings is 8. The third-order valence-corrected chi connectivity index (χ3v) is 19.2. The van der Waals surface area contributed by atoms with Gasteiger partial charge in [0.05, 0.1) is 124 Å². The van der Waals surface area contributed by atoms with Gasteiger partial charge in [0, 0.05) is 29.4 Å². The summed E-state index contributed by atoms with van der Waals surface area (Å²) >= 11 is 0. The summed E-state index contributed by atoms with van der Waals surface area (Å²) in [6.45, 7) is 10.0. The SMILES string of the molecule is Cc1cc2nc(N)n(C(C)(C)C)c2cc1C#N.Cc1cc2nc(N)n(C3CCC3)c2cc1C#N.N#Cc1ccc2nc(N)n(-c3ccc(F)cn3)c2c1.Nc1nc2cc(C(F)(F)F)cc(F)c2n1C1CCC1.Nc1nc2ccc(C(F)(F)F)cc2n1-c1cc(F)cc(F)c1.Nc1nc2ccc(C(F)(F)F)cc2n1-c1ccc(OC(F)(F)F)cc1. The lowest BCUT2D eigenvalue weighted by atomic mass is 9.92. The van der Waals surface area contributed by atoms with Crippen LogP contribution in [0.3, 0.4) is 0 Å². The number of nitriles is 3. The molecule has 0 amide bonds. The van der Waals surface area contributed by atoms with Crippen molar-refractivity contribution in [2.45, 2.75) is 116 Å². The number of rotatable bonds is 6. The van der Waals surface area contributed by atoms with Crippen LogP contribution in [0.1, 0.15) is 116 Å². The number of nitrogens with two attached hydrogens (primary N) is 6. The van der Waals surface area contributed by atoms with Gasteiger partial charge in [0.2, 0.25) is 35.7 Å². The zero-order chi connectivity index (χ0) is 86.4. The molecule has 0 saturated heterocycles. The molecule has 0 radical (unpaired) electrons. The van der Waals surface area contributed by atoms with Crippen molar-refractivity contribution >= 4 is 102 Å². The summed E-state index contributed by atoms with van der Waals surface area (Å²) in [6.07, 6.45) is -11.2. The Balaban J connectivity index is 0.000000132. The zero-order valence-electron chi connectivity index (χ0n) is 62.9. The smallest absolute Gasteiger partial charge is 0.406 e. The Labute approximate surface area is 663 Å². The molecule has 12 N–H and O–H groups in total. The Morgan fingerprint density at radius 2 is 0.857 bits per heavy atom. The van der Waals surface area contributed by atoms with E-state index in [1.165, 1.54) is 45.9 Å². The molecule has 8 aromatic carbocycles. The predicted octanol–water partition coefficient (Wildman–Crippen LogP) is 19.0. The maximum atomic E-state index is 14.0. The van der Waals surface area contributed by atoms with Crippen molar-refractivity contribution in [3.8, 4) is 41.1 Å². The second-order valence-electron chi connectivity index (χ2n) is 28.3. The first-order valence-corrected chi connectivity index (χ1v) is 35.7. The molecule has 0 spiro atoms. The molecule has 0 bridgehead atoms. The van der Waals surface area contributed by atoms with Gasteiger partial charge in [0.25, 0.3) is 0 Å². The highest BCUT2D eigenvalue weighted by atomic mass is 19.4. The molecule has 0 aliphatic heterocycles. The van der Waals surface area contributed by atoms with E-state index in [0.717, 1.165) is 137 Å². The highest BCUT2D eigenvalue weighted by Gasteiger charge is 2.36. The molecule has 2 aliphatic carbocycles. The third kappa shape index (κ3) is 18.1. The van der Waals surface area contributed by atoms with Crippen molar-refractivity contribution in [3.63, 3.8) is 0 Å². The molecule has 614 valence electrons. The van der Waals surface area contributed by atoms with Crippen LogP contribution < -0.4 is 39.1 Å². The lowest BCUT2D eigenvalue weighted by Gasteiger charge is -2.28. The van der Waals surface area contributed by atoms with Crippen LogP contribution in [0.5, 0.6) is 5.75 Å². The number of alkyl halides is 12. The van der Waals surface area contributed by atoms with Crippen LogP contribution in [-0.2, 0) is 24.1 Å². The number of hydrogen-bond donors (Lipinski definition) is 6. The van der Waals surface area contributed by atoms with Crippen molar-refractivity contribution in [1.82, 2.24) is 62.3 Å². The minimum Gasteiger partial charge on any atom is -0.406 e. The van der Waals surface area contributed by atoms with Gasteiger partial charge >= 0.3 is 24.9 Å². The molecule has 15 aromatic rings. The van der Waals surface area contributed by atoms with Gasteiger partial charge in [0.1, 0.15) is 40.4 Å². The summed E-state index contributed by atoms with van der Waals surface area (Å²) in [7, 11) is 0. The van der Waals surface area contributed by atoms with Gasteiger partial charge in [-0.1, -0.05) is 0 Å². The summed E-state index contributed by atoms with van der Waals surface area (Å²) < 4.78 is 218. The van der Waals surface area contributed by atoms with E-state index in [1.54, 1.807) is 22.8 Å². The predicted molar refractivity (Wildman–Crippen MR) is 413 cm³/mol. The van der Waals surface area contributed by atoms with Crippen LogP contribution in [-0.4, -0.2) is 68.7 Å². The Hall–Kier alpha value is -14.3. The van der Waals surface area contributed by atoms with Gasteiger partial charge in [0.15, 0.2) is 0 Å². The average molecular weight is 1660 g/mol. The second kappa shape index (κ2) is 32.4. The molecule has 23 nitrogen and oxygen atoms in total. The molecule has 2 aliphatic rings. The normalized spacial score (nSPS) is 13.2. The number of anilines is 6. The fraction of sp³-hybridized carbons (Fsp3) is 0.225. The molecule has 7 aromatic heterocycles. The second-order valence-corrected chi connectivity index (χ2v) is 28.3. The summed E-state index contributed by atoms with van der Waals surface area (Å²) in [5.41, 5.74) is 41.3. The van der Waals surface area contributed by atoms with E-state index >= 15 is 0 Å². The van der Waals surface area contributed by atoms with Crippen molar-refractivity contribution in [1.29, 1.82) is 15.8 Å². The number of aryl methyl sites for hydroxylation is 2. The Kier molecular flexibility index (Phi) is 22.9. The van der Waals surface area contributed by atoms with Crippen LogP contribution in [0.4, 0.5) is 106 Å². The first-order chi connectivity index (χ1) is 55.9. The van der Waals surface area contributed by atoms with E-state index in [2.05, 4.69) is 83.2 Å². The number of aromatic nitrogens is 13. The van der Waals surface area contributed by atoms with E-state index in [0.29, 0.717) is 63.6 Å².